The maximum Gasteiger partial charge on any atom is 0.261 e. The minimum Gasteiger partial charge on any atom is -0.482 e. The van der Waals surface area contributed by atoms with Gasteiger partial charge in [-0.15, -0.1) is 0 Å². The lowest BCUT2D eigenvalue weighted by Gasteiger charge is -2.30. The molecule has 5 nitrogen and oxygen atoms in total. The Labute approximate surface area is 165 Å². The van der Waals surface area contributed by atoms with Crippen LogP contribution in [-0.4, -0.2) is 36.4 Å². The van der Waals surface area contributed by atoms with Gasteiger partial charge in [0.15, 0.2) is 6.61 Å². The zero-order chi connectivity index (χ0) is 19.8. The summed E-state index contributed by atoms with van der Waals surface area (Å²) in [6.45, 7) is 4.01. The van der Waals surface area contributed by atoms with Crippen LogP contribution in [0.5, 0.6) is 5.75 Å². The third-order valence-electron chi connectivity index (χ3n) is 4.42. The summed E-state index contributed by atoms with van der Waals surface area (Å²) in [6, 6.07) is 14.2. The van der Waals surface area contributed by atoms with E-state index < -0.39 is 6.04 Å². The number of rotatable bonds is 8. The Balaban J connectivity index is 2.22. The molecule has 0 aliphatic carbocycles. The maximum atomic E-state index is 12.9. The van der Waals surface area contributed by atoms with Crippen LogP contribution in [0.15, 0.2) is 48.5 Å². The van der Waals surface area contributed by atoms with Crippen LogP contribution in [0.25, 0.3) is 0 Å². The fraction of sp³-hybridized carbons (Fsp3) is 0.333. The first kappa shape index (κ1) is 20.8. The van der Waals surface area contributed by atoms with Crippen LogP contribution in [0.1, 0.15) is 24.5 Å². The van der Waals surface area contributed by atoms with E-state index in [1.54, 1.807) is 36.2 Å². The quantitative estimate of drug-likeness (QED) is 0.751. The number of ether oxygens (including phenoxy) is 1. The van der Waals surface area contributed by atoms with Crippen molar-refractivity contribution in [1.82, 2.24) is 10.2 Å². The summed E-state index contributed by atoms with van der Waals surface area (Å²) in [5.41, 5.74) is 2.06. The van der Waals surface area contributed by atoms with Gasteiger partial charge in [0.05, 0.1) is 5.02 Å². The van der Waals surface area contributed by atoms with Crippen molar-refractivity contribution in [3.63, 3.8) is 0 Å². The first-order chi connectivity index (χ1) is 13.0. The summed E-state index contributed by atoms with van der Waals surface area (Å²) in [6.07, 6.45) is 0.503. The molecule has 2 amide bonds. The lowest BCUT2D eigenvalue weighted by molar-refractivity contribution is -0.142. The van der Waals surface area contributed by atoms with E-state index in [4.69, 9.17) is 16.3 Å². The molecule has 0 unspecified atom stereocenters. The molecule has 0 heterocycles. The van der Waals surface area contributed by atoms with Crippen molar-refractivity contribution in [3.05, 3.63) is 64.7 Å². The minimum atomic E-state index is -0.572. The van der Waals surface area contributed by atoms with Crippen molar-refractivity contribution in [2.75, 3.05) is 13.7 Å². The SMILES string of the molecule is CC[C@H](C(=O)NC)N(Cc1ccccc1C)C(=O)COc1ccccc1Cl. The molecule has 27 heavy (non-hydrogen) atoms. The Hall–Kier alpha value is -2.53. The van der Waals surface area contributed by atoms with Gasteiger partial charge in [-0.05, 0) is 36.6 Å². The van der Waals surface area contributed by atoms with Crippen molar-refractivity contribution in [2.24, 2.45) is 0 Å². The molecule has 1 N–H and O–H groups in total. The largest absolute Gasteiger partial charge is 0.482 e. The average molecular weight is 389 g/mol. The summed E-state index contributed by atoms with van der Waals surface area (Å²) in [4.78, 5) is 26.8. The van der Waals surface area contributed by atoms with E-state index in [0.717, 1.165) is 11.1 Å². The molecule has 0 spiro atoms. The van der Waals surface area contributed by atoms with E-state index in [1.807, 2.05) is 38.1 Å². The fourth-order valence-electron chi connectivity index (χ4n) is 2.84. The number of likely N-dealkylation sites (N-methyl/N-ethyl adjacent to an activating group) is 1. The molecule has 6 heteroatoms. The molecule has 1 atom stereocenters. The summed E-state index contributed by atoms with van der Waals surface area (Å²) in [5.74, 6) is -0.0258. The number of carbonyl (C=O) groups is 2. The van der Waals surface area contributed by atoms with Gasteiger partial charge in [0, 0.05) is 13.6 Å². The van der Waals surface area contributed by atoms with E-state index in [1.165, 1.54) is 0 Å². The predicted molar refractivity (Wildman–Crippen MR) is 107 cm³/mol. The third kappa shape index (κ3) is 5.47. The van der Waals surface area contributed by atoms with Gasteiger partial charge in [0.25, 0.3) is 5.91 Å². The van der Waals surface area contributed by atoms with E-state index in [2.05, 4.69) is 5.32 Å². The Morgan fingerprint density at radius 1 is 1.15 bits per heavy atom. The van der Waals surface area contributed by atoms with Crippen LogP contribution in [-0.2, 0) is 16.1 Å². The second-order valence-electron chi connectivity index (χ2n) is 6.21. The summed E-state index contributed by atoms with van der Waals surface area (Å²) < 4.78 is 5.60. The number of benzene rings is 2. The van der Waals surface area contributed by atoms with Gasteiger partial charge in [0.1, 0.15) is 11.8 Å². The highest BCUT2D eigenvalue weighted by atomic mass is 35.5. The second kappa shape index (κ2) is 9.97. The topological polar surface area (TPSA) is 58.6 Å². The highest BCUT2D eigenvalue weighted by Gasteiger charge is 2.28. The zero-order valence-electron chi connectivity index (χ0n) is 15.9. The van der Waals surface area contributed by atoms with Gasteiger partial charge in [-0.1, -0.05) is 54.9 Å². The van der Waals surface area contributed by atoms with Crippen molar-refractivity contribution in [1.29, 1.82) is 0 Å². The van der Waals surface area contributed by atoms with Crippen LogP contribution in [0.2, 0.25) is 5.02 Å². The monoisotopic (exact) mass is 388 g/mol. The number of halogens is 1. The molecule has 0 bridgehead atoms. The minimum absolute atomic E-state index is 0.191. The Morgan fingerprint density at radius 2 is 1.81 bits per heavy atom. The average Bonchev–Trinajstić information content (AvgIpc) is 2.68. The number of hydrogen-bond acceptors (Lipinski definition) is 3. The molecule has 2 aromatic carbocycles. The fourth-order valence-corrected chi connectivity index (χ4v) is 3.03. The molecule has 0 saturated carbocycles. The van der Waals surface area contributed by atoms with Crippen LogP contribution in [0.3, 0.4) is 0 Å². The number of amides is 2. The molecule has 144 valence electrons. The number of aryl methyl sites for hydroxylation is 1. The van der Waals surface area contributed by atoms with Gasteiger partial charge < -0.3 is 15.0 Å². The van der Waals surface area contributed by atoms with Crippen molar-refractivity contribution in [2.45, 2.75) is 32.9 Å². The normalized spacial score (nSPS) is 11.6. The molecule has 0 aliphatic rings. The zero-order valence-corrected chi connectivity index (χ0v) is 16.6. The molecule has 0 aliphatic heterocycles. The van der Waals surface area contributed by atoms with Crippen molar-refractivity contribution < 1.29 is 14.3 Å². The molecule has 2 aromatic rings. The molecule has 0 radical (unpaired) electrons. The number of nitrogens with zero attached hydrogens (tertiary/aromatic N) is 1. The second-order valence-corrected chi connectivity index (χ2v) is 6.61. The van der Waals surface area contributed by atoms with E-state index in [9.17, 15) is 9.59 Å². The van der Waals surface area contributed by atoms with E-state index in [-0.39, 0.29) is 18.4 Å². The number of carbonyl (C=O) groups excluding carboxylic acids is 2. The molecular formula is C21H25ClN2O3. The Kier molecular flexibility index (Phi) is 7.67. The van der Waals surface area contributed by atoms with Gasteiger partial charge >= 0.3 is 0 Å². The lowest BCUT2D eigenvalue weighted by atomic mass is 10.1. The van der Waals surface area contributed by atoms with Gasteiger partial charge in [-0.3, -0.25) is 9.59 Å². The van der Waals surface area contributed by atoms with Gasteiger partial charge in [-0.2, -0.15) is 0 Å². The maximum absolute atomic E-state index is 12.9. The van der Waals surface area contributed by atoms with E-state index >= 15 is 0 Å². The van der Waals surface area contributed by atoms with Crippen molar-refractivity contribution >= 4 is 23.4 Å². The molecule has 0 saturated heterocycles. The van der Waals surface area contributed by atoms with E-state index in [0.29, 0.717) is 23.7 Å². The predicted octanol–water partition coefficient (Wildman–Crippen LogP) is 3.58. The van der Waals surface area contributed by atoms with Gasteiger partial charge in [-0.25, -0.2) is 0 Å². The van der Waals surface area contributed by atoms with Crippen LogP contribution < -0.4 is 10.1 Å². The number of para-hydroxylation sites is 1. The van der Waals surface area contributed by atoms with Crippen LogP contribution >= 0.6 is 11.6 Å². The summed E-state index contributed by atoms with van der Waals surface area (Å²) in [7, 11) is 1.57. The van der Waals surface area contributed by atoms with Crippen LogP contribution in [0, 0.1) is 6.92 Å². The smallest absolute Gasteiger partial charge is 0.261 e. The first-order valence-corrected chi connectivity index (χ1v) is 9.28. The van der Waals surface area contributed by atoms with Crippen molar-refractivity contribution in [3.8, 4) is 5.75 Å². The van der Waals surface area contributed by atoms with Crippen LogP contribution in [0.4, 0.5) is 0 Å². The molecular weight excluding hydrogens is 364 g/mol. The lowest BCUT2D eigenvalue weighted by Crippen LogP contribution is -2.49. The summed E-state index contributed by atoms with van der Waals surface area (Å²) >= 11 is 6.09. The highest BCUT2D eigenvalue weighted by Crippen LogP contribution is 2.23. The first-order valence-electron chi connectivity index (χ1n) is 8.90. The summed E-state index contributed by atoms with van der Waals surface area (Å²) in [5, 5.41) is 3.08. The standard InChI is InChI=1S/C21H25ClN2O3/c1-4-18(21(26)23-3)24(13-16-10-6-5-9-15(16)2)20(25)14-27-19-12-8-7-11-17(19)22/h5-12,18H,4,13-14H2,1-3H3,(H,23,26)/t18-/m1/s1. The highest BCUT2D eigenvalue weighted by molar-refractivity contribution is 6.32. The molecule has 0 fully saturated rings. The Morgan fingerprint density at radius 3 is 2.44 bits per heavy atom. The third-order valence-corrected chi connectivity index (χ3v) is 4.73. The molecule has 2 rings (SSSR count). The van der Waals surface area contributed by atoms with Gasteiger partial charge in [0.2, 0.25) is 5.91 Å². The molecule has 0 aromatic heterocycles. The Bertz CT molecular complexity index is 795. The number of nitrogens with one attached hydrogen (secondary N) is 1. The number of hydrogen-bond donors (Lipinski definition) is 1.